The number of aliphatic hydroxyl groups excluding tert-OH is 1. The highest BCUT2D eigenvalue weighted by Crippen LogP contribution is 2.00. The minimum atomic E-state index is -0.486. The van der Waals surface area contributed by atoms with E-state index in [1.54, 1.807) is 6.08 Å². The topological polar surface area (TPSA) is 32.3 Å². The third-order valence-electron chi connectivity index (χ3n) is 1.77. The smallest absolute Gasteiger partial charge is 0.109 e. The molecule has 0 aliphatic carbocycles. The van der Waals surface area contributed by atoms with Crippen molar-refractivity contribution in [3.63, 3.8) is 0 Å². The van der Waals surface area contributed by atoms with Gasteiger partial charge >= 0.3 is 0 Å². The van der Waals surface area contributed by atoms with E-state index < -0.39 is 6.23 Å². The van der Waals surface area contributed by atoms with Gasteiger partial charge in [-0.3, -0.25) is 5.32 Å². The van der Waals surface area contributed by atoms with Crippen LogP contribution in [0.2, 0.25) is 0 Å². The Morgan fingerprint density at radius 3 is 2.69 bits per heavy atom. The summed E-state index contributed by atoms with van der Waals surface area (Å²) < 4.78 is 0. The van der Waals surface area contributed by atoms with Crippen LogP contribution in [-0.2, 0) is 6.42 Å². The van der Waals surface area contributed by atoms with Gasteiger partial charge in [-0.2, -0.15) is 0 Å². The molecule has 0 saturated carbocycles. The van der Waals surface area contributed by atoms with E-state index in [1.807, 2.05) is 30.3 Å². The molecule has 1 atom stereocenters. The highest BCUT2D eigenvalue weighted by molar-refractivity contribution is 5.15. The molecule has 0 spiro atoms. The van der Waals surface area contributed by atoms with Gasteiger partial charge < -0.3 is 5.11 Å². The molecule has 70 valence electrons. The molecule has 1 rings (SSSR count). The summed E-state index contributed by atoms with van der Waals surface area (Å²) in [5.41, 5.74) is 1.13. The molecule has 0 amide bonds. The van der Waals surface area contributed by atoms with Crippen LogP contribution in [0.3, 0.4) is 0 Å². The van der Waals surface area contributed by atoms with Gasteiger partial charge in [-0.1, -0.05) is 36.4 Å². The van der Waals surface area contributed by atoms with E-state index in [2.05, 4.69) is 11.9 Å². The molecule has 0 bridgehead atoms. The lowest BCUT2D eigenvalue weighted by molar-refractivity contribution is 0.142. The summed E-state index contributed by atoms with van der Waals surface area (Å²) >= 11 is 0. The van der Waals surface area contributed by atoms with Crippen molar-refractivity contribution in [3.8, 4) is 0 Å². The number of aliphatic hydroxyl groups is 1. The zero-order chi connectivity index (χ0) is 9.52. The van der Waals surface area contributed by atoms with Crippen molar-refractivity contribution in [3.05, 3.63) is 48.6 Å². The second-order valence-corrected chi connectivity index (χ2v) is 2.90. The van der Waals surface area contributed by atoms with Crippen LogP contribution in [0.4, 0.5) is 0 Å². The van der Waals surface area contributed by atoms with E-state index >= 15 is 0 Å². The van der Waals surface area contributed by atoms with E-state index in [0.717, 1.165) is 5.56 Å². The fourth-order valence-electron chi connectivity index (χ4n) is 1.13. The summed E-state index contributed by atoms with van der Waals surface area (Å²) in [5, 5.41) is 12.4. The Morgan fingerprint density at radius 2 is 2.08 bits per heavy atom. The first-order valence-corrected chi connectivity index (χ1v) is 4.39. The minimum Gasteiger partial charge on any atom is -0.378 e. The molecule has 1 aromatic rings. The first-order valence-electron chi connectivity index (χ1n) is 4.39. The summed E-state index contributed by atoms with van der Waals surface area (Å²) in [6.07, 6.45) is 1.88. The number of hydrogen-bond donors (Lipinski definition) is 2. The average Bonchev–Trinajstić information content (AvgIpc) is 2.16. The molecule has 0 heterocycles. The van der Waals surface area contributed by atoms with Crippen LogP contribution < -0.4 is 5.32 Å². The van der Waals surface area contributed by atoms with Crippen LogP contribution in [0.5, 0.6) is 0 Å². The third-order valence-corrected chi connectivity index (χ3v) is 1.77. The number of benzene rings is 1. The van der Waals surface area contributed by atoms with Crippen molar-refractivity contribution in [1.29, 1.82) is 0 Å². The molecule has 0 aromatic heterocycles. The van der Waals surface area contributed by atoms with Crippen molar-refractivity contribution >= 4 is 0 Å². The Labute approximate surface area is 78.9 Å². The van der Waals surface area contributed by atoms with E-state index in [-0.39, 0.29) is 0 Å². The van der Waals surface area contributed by atoms with E-state index in [0.29, 0.717) is 13.0 Å². The predicted octanol–water partition coefficient (Wildman–Crippen LogP) is 1.32. The molecular weight excluding hydrogens is 162 g/mol. The van der Waals surface area contributed by atoms with Gasteiger partial charge in [0.05, 0.1) is 0 Å². The molecule has 2 nitrogen and oxygen atoms in total. The molecule has 0 radical (unpaired) electrons. The fourth-order valence-corrected chi connectivity index (χ4v) is 1.13. The van der Waals surface area contributed by atoms with Gasteiger partial charge in [-0.15, -0.1) is 6.58 Å². The zero-order valence-corrected chi connectivity index (χ0v) is 7.61. The Bertz CT molecular complexity index is 246. The molecule has 0 fully saturated rings. The first-order chi connectivity index (χ1) is 6.33. The Kier molecular flexibility index (Phi) is 4.23. The van der Waals surface area contributed by atoms with Crippen LogP contribution in [0.1, 0.15) is 5.56 Å². The minimum absolute atomic E-state index is 0.486. The molecule has 1 aromatic carbocycles. The SMILES string of the molecule is C=CCNC(O)Cc1ccccc1. The van der Waals surface area contributed by atoms with Gasteiger partial charge in [0, 0.05) is 13.0 Å². The third kappa shape index (κ3) is 3.87. The number of hydrogen-bond acceptors (Lipinski definition) is 2. The maximum Gasteiger partial charge on any atom is 0.109 e. The van der Waals surface area contributed by atoms with Crippen molar-refractivity contribution in [2.75, 3.05) is 6.54 Å². The summed E-state index contributed by atoms with van der Waals surface area (Å²) in [6, 6.07) is 9.90. The van der Waals surface area contributed by atoms with Crippen molar-refractivity contribution in [1.82, 2.24) is 5.32 Å². The summed E-state index contributed by atoms with van der Waals surface area (Å²) in [4.78, 5) is 0. The van der Waals surface area contributed by atoms with Crippen LogP contribution >= 0.6 is 0 Å². The quantitative estimate of drug-likeness (QED) is 0.525. The standard InChI is InChI=1S/C11H15NO/c1-2-8-12-11(13)9-10-6-4-3-5-7-10/h2-7,11-13H,1,8-9H2. The zero-order valence-electron chi connectivity index (χ0n) is 7.61. The molecule has 13 heavy (non-hydrogen) atoms. The molecule has 2 N–H and O–H groups in total. The van der Waals surface area contributed by atoms with Gasteiger partial charge in [0.15, 0.2) is 0 Å². The maximum atomic E-state index is 9.47. The van der Waals surface area contributed by atoms with Crippen LogP contribution in [0, 0.1) is 0 Å². The van der Waals surface area contributed by atoms with E-state index in [9.17, 15) is 5.11 Å². The molecule has 1 unspecified atom stereocenters. The molecule has 2 heteroatoms. The Hall–Kier alpha value is -1.12. The summed E-state index contributed by atoms with van der Waals surface area (Å²) in [7, 11) is 0. The van der Waals surface area contributed by atoms with Gasteiger partial charge in [-0.05, 0) is 5.56 Å². The molecule has 0 aliphatic rings. The number of rotatable bonds is 5. The van der Waals surface area contributed by atoms with Crippen molar-refractivity contribution < 1.29 is 5.11 Å². The van der Waals surface area contributed by atoms with Gasteiger partial charge in [0.2, 0.25) is 0 Å². The van der Waals surface area contributed by atoms with Crippen molar-refractivity contribution in [2.24, 2.45) is 0 Å². The highest BCUT2D eigenvalue weighted by Gasteiger charge is 2.01. The van der Waals surface area contributed by atoms with Gasteiger partial charge in [0.25, 0.3) is 0 Å². The van der Waals surface area contributed by atoms with E-state index in [1.165, 1.54) is 0 Å². The monoisotopic (exact) mass is 177 g/mol. The van der Waals surface area contributed by atoms with Crippen LogP contribution in [0.25, 0.3) is 0 Å². The number of nitrogens with one attached hydrogen (secondary N) is 1. The van der Waals surface area contributed by atoms with Crippen LogP contribution in [-0.4, -0.2) is 17.9 Å². The van der Waals surface area contributed by atoms with Crippen LogP contribution in [0.15, 0.2) is 43.0 Å². The first kappa shape index (κ1) is 9.96. The molecular formula is C11H15NO. The molecule has 0 saturated heterocycles. The Balaban J connectivity index is 2.36. The Morgan fingerprint density at radius 1 is 1.38 bits per heavy atom. The molecule has 0 aliphatic heterocycles. The normalized spacial score (nSPS) is 12.4. The lowest BCUT2D eigenvalue weighted by atomic mass is 10.1. The second kappa shape index (κ2) is 5.51. The highest BCUT2D eigenvalue weighted by atomic mass is 16.3. The maximum absolute atomic E-state index is 9.47. The lowest BCUT2D eigenvalue weighted by Crippen LogP contribution is -2.30. The largest absolute Gasteiger partial charge is 0.378 e. The average molecular weight is 177 g/mol. The lowest BCUT2D eigenvalue weighted by Gasteiger charge is -2.10. The fraction of sp³-hybridized carbons (Fsp3) is 0.273. The predicted molar refractivity (Wildman–Crippen MR) is 54.4 cm³/mol. The van der Waals surface area contributed by atoms with Crippen molar-refractivity contribution in [2.45, 2.75) is 12.6 Å². The second-order valence-electron chi connectivity index (χ2n) is 2.90. The van der Waals surface area contributed by atoms with E-state index in [4.69, 9.17) is 0 Å². The summed E-state index contributed by atoms with van der Waals surface area (Å²) in [6.45, 7) is 4.20. The van der Waals surface area contributed by atoms with Gasteiger partial charge in [0.1, 0.15) is 6.23 Å². The summed E-state index contributed by atoms with van der Waals surface area (Å²) in [5.74, 6) is 0. The van der Waals surface area contributed by atoms with Gasteiger partial charge in [-0.25, -0.2) is 0 Å².